The number of anilines is 1. The number of carbonyl (C=O) groups excluding carboxylic acids is 2. The third-order valence-corrected chi connectivity index (χ3v) is 2.52. The average molecular weight is 357 g/mol. The molecule has 0 heterocycles. The molecule has 3 amide bonds. The second kappa shape index (κ2) is 7.07. The van der Waals surface area contributed by atoms with Gasteiger partial charge in [0, 0.05) is 10.0 Å². The van der Waals surface area contributed by atoms with E-state index in [1.807, 2.05) is 0 Å². The van der Waals surface area contributed by atoms with Crippen molar-refractivity contribution in [2.24, 2.45) is 10.8 Å². The molecular formula is C13H17BrN4O3. The molecule has 1 aromatic carbocycles. The maximum absolute atomic E-state index is 11.8. The van der Waals surface area contributed by atoms with Crippen molar-refractivity contribution in [1.29, 1.82) is 0 Å². The number of rotatable bonds is 3. The van der Waals surface area contributed by atoms with Gasteiger partial charge in [-0.1, -0.05) is 15.9 Å². The van der Waals surface area contributed by atoms with Crippen LogP contribution in [-0.4, -0.2) is 23.9 Å². The van der Waals surface area contributed by atoms with Gasteiger partial charge in [0.15, 0.2) is 0 Å². The number of nitrogens with zero attached hydrogens (tertiary/aromatic N) is 1. The van der Waals surface area contributed by atoms with Crippen LogP contribution < -0.4 is 16.5 Å². The standard InChI is InChI=1S/C13H17BrN4O3/c1-13(2,3)21-12(20)17-10-5-4-9(14)6-8(10)7-16-18-11(15)19/h4-7H,1-3H3,(H,17,20)(H3,15,18,19). The summed E-state index contributed by atoms with van der Waals surface area (Å²) in [6, 6.07) is 4.38. The highest BCUT2D eigenvalue weighted by Crippen LogP contribution is 2.20. The van der Waals surface area contributed by atoms with Crippen molar-refractivity contribution in [3.05, 3.63) is 28.2 Å². The van der Waals surface area contributed by atoms with Crippen molar-refractivity contribution in [1.82, 2.24) is 5.43 Å². The Bertz CT molecular complexity index is 567. The zero-order chi connectivity index (χ0) is 16.0. The van der Waals surface area contributed by atoms with Gasteiger partial charge in [-0.2, -0.15) is 5.10 Å². The Hall–Kier alpha value is -2.09. The van der Waals surface area contributed by atoms with E-state index in [4.69, 9.17) is 10.5 Å². The van der Waals surface area contributed by atoms with Crippen molar-refractivity contribution < 1.29 is 14.3 Å². The molecule has 0 aromatic heterocycles. The van der Waals surface area contributed by atoms with Crippen molar-refractivity contribution in [3.8, 4) is 0 Å². The molecule has 7 nitrogen and oxygen atoms in total. The zero-order valence-electron chi connectivity index (χ0n) is 11.9. The normalized spacial score (nSPS) is 11.2. The lowest BCUT2D eigenvalue weighted by atomic mass is 10.2. The van der Waals surface area contributed by atoms with Crippen LogP contribution in [0.3, 0.4) is 0 Å². The molecule has 0 aliphatic heterocycles. The third kappa shape index (κ3) is 6.75. The van der Waals surface area contributed by atoms with Gasteiger partial charge in [-0.25, -0.2) is 15.0 Å². The summed E-state index contributed by atoms with van der Waals surface area (Å²) in [4.78, 5) is 22.3. The number of carbonyl (C=O) groups is 2. The lowest BCUT2D eigenvalue weighted by Crippen LogP contribution is -2.27. The zero-order valence-corrected chi connectivity index (χ0v) is 13.5. The maximum atomic E-state index is 11.8. The largest absolute Gasteiger partial charge is 0.444 e. The Morgan fingerprint density at radius 1 is 1.38 bits per heavy atom. The molecule has 0 saturated carbocycles. The van der Waals surface area contributed by atoms with Crippen molar-refractivity contribution in [2.45, 2.75) is 26.4 Å². The summed E-state index contributed by atoms with van der Waals surface area (Å²) in [5.74, 6) is 0. The SMILES string of the molecule is CC(C)(C)OC(=O)Nc1ccc(Br)cc1C=NNC(N)=O. The first-order valence-electron chi connectivity index (χ1n) is 6.05. The Balaban J connectivity index is 2.89. The Morgan fingerprint density at radius 3 is 2.62 bits per heavy atom. The molecule has 0 bridgehead atoms. The van der Waals surface area contributed by atoms with Crippen LogP contribution in [0.15, 0.2) is 27.8 Å². The lowest BCUT2D eigenvalue weighted by molar-refractivity contribution is 0.0636. The number of benzene rings is 1. The Morgan fingerprint density at radius 2 is 2.05 bits per heavy atom. The average Bonchev–Trinajstić information content (AvgIpc) is 2.29. The molecule has 0 radical (unpaired) electrons. The number of primary amides is 1. The summed E-state index contributed by atoms with van der Waals surface area (Å²) in [5.41, 5.74) is 7.46. The minimum atomic E-state index is -0.775. The number of nitrogens with one attached hydrogen (secondary N) is 2. The number of ether oxygens (including phenoxy) is 1. The highest BCUT2D eigenvalue weighted by molar-refractivity contribution is 9.10. The van der Waals surface area contributed by atoms with E-state index in [-0.39, 0.29) is 0 Å². The number of nitrogens with two attached hydrogens (primary N) is 1. The number of hydrogen-bond donors (Lipinski definition) is 3. The van der Waals surface area contributed by atoms with E-state index < -0.39 is 17.7 Å². The number of hydrazone groups is 1. The van der Waals surface area contributed by atoms with Crippen LogP contribution in [0.1, 0.15) is 26.3 Å². The molecule has 1 aromatic rings. The fraction of sp³-hybridized carbons (Fsp3) is 0.308. The molecular weight excluding hydrogens is 340 g/mol. The van der Waals surface area contributed by atoms with Crippen LogP contribution in [0.5, 0.6) is 0 Å². The van der Waals surface area contributed by atoms with Crippen molar-refractivity contribution >= 4 is 40.0 Å². The maximum Gasteiger partial charge on any atom is 0.412 e. The van der Waals surface area contributed by atoms with Crippen molar-refractivity contribution in [3.63, 3.8) is 0 Å². The van der Waals surface area contributed by atoms with E-state index in [1.165, 1.54) is 6.21 Å². The van der Waals surface area contributed by atoms with E-state index in [2.05, 4.69) is 31.8 Å². The number of amides is 3. The fourth-order valence-electron chi connectivity index (χ4n) is 1.33. The van der Waals surface area contributed by atoms with E-state index >= 15 is 0 Å². The molecule has 21 heavy (non-hydrogen) atoms. The first-order valence-corrected chi connectivity index (χ1v) is 6.85. The van der Waals surface area contributed by atoms with Gasteiger partial charge >= 0.3 is 12.1 Å². The number of halogens is 1. The predicted molar refractivity (Wildman–Crippen MR) is 84.3 cm³/mol. The monoisotopic (exact) mass is 356 g/mol. The molecule has 0 spiro atoms. The van der Waals surface area contributed by atoms with Crippen LogP contribution in [-0.2, 0) is 4.74 Å². The predicted octanol–water partition coefficient (Wildman–Crippen LogP) is 2.80. The molecule has 0 atom stereocenters. The van der Waals surface area contributed by atoms with Crippen LogP contribution >= 0.6 is 15.9 Å². The van der Waals surface area contributed by atoms with E-state index in [1.54, 1.807) is 39.0 Å². The lowest BCUT2D eigenvalue weighted by Gasteiger charge is -2.20. The molecule has 0 saturated heterocycles. The van der Waals surface area contributed by atoms with Gasteiger partial charge in [-0.3, -0.25) is 5.32 Å². The van der Waals surface area contributed by atoms with Gasteiger partial charge in [0.25, 0.3) is 0 Å². The minimum absolute atomic E-state index is 0.488. The highest BCUT2D eigenvalue weighted by Gasteiger charge is 2.17. The Kier molecular flexibility index (Phi) is 5.71. The third-order valence-electron chi connectivity index (χ3n) is 2.03. The molecule has 0 aliphatic carbocycles. The summed E-state index contributed by atoms with van der Waals surface area (Å²) in [6.07, 6.45) is 0.782. The quantitative estimate of drug-likeness (QED) is 0.572. The summed E-state index contributed by atoms with van der Waals surface area (Å²) in [5, 5.41) is 6.28. The van der Waals surface area contributed by atoms with E-state index in [0.717, 1.165) is 4.47 Å². The van der Waals surface area contributed by atoms with Crippen LogP contribution in [0.2, 0.25) is 0 Å². The molecule has 0 fully saturated rings. The van der Waals surface area contributed by atoms with E-state index in [9.17, 15) is 9.59 Å². The van der Waals surface area contributed by atoms with Gasteiger partial charge < -0.3 is 10.5 Å². The van der Waals surface area contributed by atoms with Crippen LogP contribution in [0.25, 0.3) is 0 Å². The smallest absolute Gasteiger partial charge is 0.412 e. The molecule has 1 rings (SSSR count). The summed E-state index contributed by atoms with van der Waals surface area (Å²) in [7, 11) is 0. The summed E-state index contributed by atoms with van der Waals surface area (Å²) < 4.78 is 5.96. The molecule has 0 unspecified atom stereocenters. The fourth-order valence-corrected chi connectivity index (χ4v) is 1.71. The molecule has 114 valence electrons. The van der Waals surface area contributed by atoms with Crippen molar-refractivity contribution in [2.75, 3.05) is 5.32 Å². The van der Waals surface area contributed by atoms with Gasteiger partial charge in [0.05, 0.1) is 11.9 Å². The minimum Gasteiger partial charge on any atom is -0.444 e. The summed E-state index contributed by atoms with van der Waals surface area (Å²) >= 11 is 3.31. The van der Waals surface area contributed by atoms with E-state index in [0.29, 0.717) is 11.3 Å². The summed E-state index contributed by atoms with van der Waals surface area (Å²) in [6.45, 7) is 5.31. The second-order valence-electron chi connectivity index (χ2n) is 5.09. The highest BCUT2D eigenvalue weighted by atomic mass is 79.9. The number of urea groups is 1. The van der Waals surface area contributed by atoms with Gasteiger partial charge in [0.2, 0.25) is 0 Å². The second-order valence-corrected chi connectivity index (χ2v) is 6.01. The molecule has 8 heteroatoms. The van der Waals surface area contributed by atoms with Gasteiger partial charge in [-0.15, -0.1) is 0 Å². The van der Waals surface area contributed by atoms with Gasteiger partial charge in [0.1, 0.15) is 5.60 Å². The number of hydrogen-bond acceptors (Lipinski definition) is 4. The topological polar surface area (TPSA) is 106 Å². The van der Waals surface area contributed by atoms with Gasteiger partial charge in [-0.05, 0) is 39.0 Å². The molecule has 4 N–H and O–H groups in total. The Labute approximate surface area is 131 Å². The first kappa shape index (κ1) is 17.0. The van der Waals surface area contributed by atoms with Crippen LogP contribution in [0, 0.1) is 0 Å². The molecule has 0 aliphatic rings. The first-order chi connectivity index (χ1) is 9.67. The van der Waals surface area contributed by atoms with Crippen LogP contribution in [0.4, 0.5) is 15.3 Å².